The first-order chi connectivity index (χ1) is 10.1. The molecule has 1 unspecified atom stereocenters. The smallest absolute Gasteiger partial charge is 0.387 e. The van der Waals surface area contributed by atoms with Crippen molar-refractivity contribution in [2.45, 2.75) is 44.8 Å². The fraction of sp³-hybridized carbons (Fsp3) is 0.533. The van der Waals surface area contributed by atoms with Crippen molar-refractivity contribution in [3.05, 3.63) is 24.3 Å². The lowest BCUT2D eigenvalue weighted by molar-refractivity contribution is -0.116. The summed E-state index contributed by atoms with van der Waals surface area (Å²) in [5.41, 5.74) is 0.277. The molecule has 1 saturated heterocycles. The van der Waals surface area contributed by atoms with Crippen LogP contribution >= 0.6 is 0 Å². The number of nitrogens with one attached hydrogen (secondary N) is 2. The number of ether oxygens (including phenoxy) is 1. The maximum absolute atomic E-state index is 12.3. The van der Waals surface area contributed by atoms with E-state index < -0.39 is 6.61 Å². The Balaban J connectivity index is 1.84. The highest BCUT2D eigenvalue weighted by Gasteiger charge is 2.15. The van der Waals surface area contributed by atoms with Crippen LogP contribution in [0.25, 0.3) is 0 Å². The van der Waals surface area contributed by atoms with Crippen LogP contribution in [0.3, 0.4) is 0 Å². The maximum atomic E-state index is 12.3. The van der Waals surface area contributed by atoms with Gasteiger partial charge in [-0.25, -0.2) is 0 Å². The molecular formula is C15H20F2N2O2. The number of carbonyl (C=O) groups excluding carboxylic acids is 1. The van der Waals surface area contributed by atoms with Gasteiger partial charge in [0.2, 0.25) is 5.91 Å². The van der Waals surface area contributed by atoms with Crippen LogP contribution in [0.15, 0.2) is 24.3 Å². The van der Waals surface area contributed by atoms with E-state index in [0.717, 1.165) is 19.4 Å². The number of rotatable bonds is 6. The summed E-state index contributed by atoms with van der Waals surface area (Å²) < 4.78 is 29.0. The first-order valence-corrected chi connectivity index (χ1v) is 7.22. The monoisotopic (exact) mass is 298 g/mol. The van der Waals surface area contributed by atoms with Crippen LogP contribution in [0, 0.1) is 0 Å². The van der Waals surface area contributed by atoms with Gasteiger partial charge in [0.05, 0.1) is 5.69 Å². The summed E-state index contributed by atoms with van der Waals surface area (Å²) in [6.45, 7) is -1.91. The fourth-order valence-electron chi connectivity index (χ4n) is 2.46. The van der Waals surface area contributed by atoms with Gasteiger partial charge < -0.3 is 15.4 Å². The number of hydrogen-bond donors (Lipinski definition) is 2. The molecule has 1 aromatic rings. The molecule has 6 heteroatoms. The lowest BCUT2D eigenvalue weighted by atomic mass is 10.0. The highest BCUT2D eigenvalue weighted by atomic mass is 19.3. The van der Waals surface area contributed by atoms with E-state index in [1.807, 2.05) is 0 Å². The third-order valence-electron chi connectivity index (χ3n) is 3.51. The summed E-state index contributed by atoms with van der Waals surface area (Å²) in [6, 6.07) is 6.58. The van der Waals surface area contributed by atoms with E-state index in [4.69, 9.17) is 0 Å². The van der Waals surface area contributed by atoms with Gasteiger partial charge in [0.15, 0.2) is 0 Å². The standard InChI is InChI=1S/C15H20F2N2O2/c16-15(17)21-13-7-2-1-6-12(13)19-14(20)9-8-11-5-3-4-10-18-11/h1-2,6-7,11,15,18H,3-5,8-10H2,(H,19,20). The second kappa shape index (κ2) is 7.93. The van der Waals surface area contributed by atoms with Gasteiger partial charge in [-0.2, -0.15) is 8.78 Å². The SMILES string of the molecule is O=C(CCC1CCCCN1)Nc1ccccc1OC(F)F. The van der Waals surface area contributed by atoms with Crippen molar-refractivity contribution in [1.82, 2.24) is 5.32 Å². The van der Waals surface area contributed by atoms with Crippen LogP contribution in [0.4, 0.5) is 14.5 Å². The molecule has 1 heterocycles. The van der Waals surface area contributed by atoms with Crippen LogP contribution in [-0.4, -0.2) is 25.1 Å². The molecule has 1 atom stereocenters. The zero-order valence-corrected chi connectivity index (χ0v) is 11.8. The van der Waals surface area contributed by atoms with Gasteiger partial charge in [-0.1, -0.05) is 18.6 Å². The molecule has 0 aliphatic carbocycles. The van der Waals surface area contributed by atoms with Crippen molar-refractivity contribution in [2.24, 2.45) is 0 Å². The predicted octanol–water partition coefficient (Wildman–Crippen LogP) is 3.15. The zero-order valence-electron chi connectivity index (χ0n) is 11.8. The molecule has 1 fully saturated rings. The molecule has 1 aliphatic rings. The van der Waals surface area contributed by atoms with Crippen molar-refractivity contribution >= 4 is 11.6 Å². The second-order valence-electron chi connectivity index (χ2n) is 5.11. The van der Waals surface area contributed by atoms with Crippen LogP contribution in [0.2, 0.25) is 0 Å². The van der Waals surface area contributed by atoms with E-state index in [0.29, 0.717) is 12.5 Å². The lowest BCUT2D eigenvalue weighted by Gasteiger charge is -2.23. The zero-order chi connectivity index (χ0) is 15.1. The lowest BCUT2D eigenvalue weighted by Crippen LogP contribution is -2.34. The molecule has 0 spiro atoms. The van der Waals surface area contributed by atoms with Crippen molar-refractivity contribution in [2.75, 3.05) is 11.9 Å². The normalized spacial score (nSPS) is 18.5. The van der Waals surface area contributed by atoms with Crippen LogP contribution in [0.1, 0.15) is 32.1 Å². The summed E-state index contributed by atoms with van der Waals surface area (Å²) in [6.07, 6.45) is 4.56. The summed E-state index contributed by atoms with van der Waals surface area (Å²) in [7, 11) is 0. The van der Waals surface area contributed by atoms with Gasteiger partial charge in [0.25, 0.3) is 0 Å². The highest BCUT2D eigenvalue weighted by Crippen LogP contribution is 2.25. The quantitative estimate of drug-likeness (QED) is 0.848. The molecule has 1 amide bonds. The minimum absolute atomic E-state index is 0.0170. The van der Waals surface area contributed by atoms with Crippen molar-refractivity contribution in [3.8, 4) is 5.75 Å². The number of hydrogen-bond acceptors (Lipinski definition) is 3. The number of benzene rings is 1. The molecule has 0 saturated carbocycles. The molecule has 0 aromatic heterocycles. The molecule has 2 rings (SSSR count). The van der Waals surface area contributed by atoms with E-state index in [9.17, 15) is 13.6 Å². The van der Waals surface area contributed by atoms with Crippen LogP contribution in [0.5, 0.6) is 5.75 Å². The number of para-hydroxylation sites is 2. The average Bonchev–Trinajstić information content (AvgIpc) is 2.48. The largest absolute Gasteiger partial charge is 0.433 e. The third kappa shape index (κ3) is 5.30. The number of halogens is 2. The maximum Gasteiger partial charge on any atom is 0.387 e. The van der Waals surface area contributed by atoms with Gasteiger partial charge in [-0.15, -0.1) is 0 Å². The minimum atomic E-state index is -2.91. The Labute approximate surface area is 122 Å². The molecule has 4 nitrogen and oxygen atoms in total. The van der Waals surface area contributed by atoms with Crippen LogP contribution < -0.4 is 15.4 Å². The Morgan fingerprint density at radius 1 is 1.38 bits per heavy atom. The number of piperidine rings is 1. The Hall–Kier alpha value is -1.69. The molecular weight excluding hydrogens is 278 g/mol. The van der Waals surface area contributed by atoms with Gasteiger partial charge in [-0.05, 0) is 37.9 Å². The number of carbonyl (C=O) groups is 1. The molecule has 2 N–H and O–H groups in total. The topological polar surface area (TPSA) is 50.4 Å². The van der Waals surface area contributed by atoms with Crippen molar-refractivity contribution in [1.29, 1.82) is 0 Å². The Kier molecular flexibility index (Phi) is 5.92. The molecule has 0 radical (unpaired) electrons. The summed E-state index contributed by atoms with van der Waals surface area (Å²) in [5, 5.41) is 6.00. The fourth-order valence-corrected chi connectivity index (χ4v) is 2.46. The average molecular weight is 298 g/mol. The van der Waals surface area contributed by atoms with Gasteiger partial charge >= 0.3 is 6.61 Å². The van der Waals surface area contributed by atoms with E-state index in [2.05, 4.69) is 15.4 Å². The van der Waals surface area contributed by atoms with Crippen LogP contribution in [-0.2, 0) is 4.79 Å². The molecule has 1 aliphatic heterocycles. The summed E-state index contributed by atoms with van der Waals surface area (Å²) in [5.74, 6) is -0.204. The molecule has 116 valence electrons. The van der Waals surface area contributed by atoms with E-state index in [1.165, 1.54) is 18.9 Å². The van der Waals surface area contributed by atoms with E-state index in [1.54, 1.807) is 18.2 Å². The second-order valence-corrected chi connectivity index (χ2v) is 5.11. The summed E-state index contributed by atoms with van der Waals surface area (Å²) >= 11 is 0. The van der Waals surface area contributed by atoms with Gasteiger partial charge in [0, 0.05) is 12.5 Å². The van der Waals surface area contributed by atoms with E-state index in [-0.39, 0.29) is 17.3 Å². The Morgan fingerprint density at radius 3 is 2.90 bits per heavy atom. The Morgan fingerprint density at radius 2 is 2.19 bits per heavy atom. The summed E-state index contributed by atoms with van der Waals surface area (Å²) in [4.78, 5) is 11.9. The first-order valence-electron chi connectivity index (χ1n) is 7.22. The molecule has 0 bridgehead atoms. The van der Waals surface area contributed by atoms with Gasteiger partial charge in [-0.3, -0.25) is 4.79 Å². The van der Waals surface area contributed by atoms with Crippen molar-refractivity contribution < 1.29 is 18.3 Å². The number of amides is 1. The van der Waals surface area contributed by atoms with Gasteiger partial charge in [0.1, 0.15) is 5.75 Å². The van der Waals surface area contributed by atoms with Crippen molar-refractivity contribution in [3.63, 3.8) is 0 Å². The first kappa shape index (κ1) is 15.7. The van der Waals surface area contributed by atoms with E-state index >= 15 is 0 Å². The number of anilines is 1. The highest BCUT2D eigenvalue weighted by molar-refractivity contribution is 5.92. The third-order valence-corrected chi connectivity index (χ3v) is 3.51. The predicted molar refractivity (Wildman–Crippen MR) is 76.6 cm³/mol. The molecule has 1 aromatic carbocycles. The molecule has 21 heavy (non-hydrogen) atoms. The minimum Gasteiger partial charge on any atom is -0.433 e. The Bertz CT molecular complexity index is 463. The number of alkyl halides is 2.